The SMILES string of the molecule is Cc1nn(C)c(C)c1CCN[C@@H](C)Cn1cc(Br)cn1. The fourth-order valence-corrected chi connectivity index (χ4v) is 2.73. The van der Waals surface area contributed by atoms with Gasteiger partial charge in [0.25, 0.3) is 0 Å². The average molecular weight is 340 g/mol. The van der Waals surface area contributed by atoms with E-state index in [1.165, 1.54) is 11.3 Å². The maximum Gasteiger partial charge on any atom is 0.0632 e. The molecule has 110 valence electrons. The topological polar surface area (TPSA) is 47.7 Å². The van der Waals surface area contributed by atoms with Gasteiger partial charge in [-0.25, -0.2) is 0 Å². The van der Waals surface area contributed by atoms with E-state index in [0.717, 1.165) is 29.7 Å². The lowest BCUT2D eigenvalue weighted by Crippen LogP contribution is -2.32. The van der Waals surface area contributed by atoms with Crippen molar-refractivity contribution in [3.63, 3.8) is 0 Å². The monoisotopic (exact) mass is 339 g/mol. The first kappa shape index (κ1) is 15.3. The first-order chi connectivity index (χ1) is 9.47. The van der Waals surface area contributed by atoms with Gasteiger partial charge in [0.1, 0.15) is 0 Å². The summed E-state index contributed by atoms with van der Waals surface area (Å²) in [5.41, 5.74) is 3.75. The number of hydrogen-bond acceptors (Lipinski definition) is 3. The summed E-state index contributed by atoms with van der Waals surface area (Å²) in [5.74, 6) is 0. The molecule has 0 aliphatic carbocycles. The highest BCUT2D eigenvalue weighted by atomic mass is 79.9. The lowest BCUT2D eigenvalue weighted by atomic mass is 10.1. The van der Waals surface area contributed by atoms with Crippen molar-refractivity contribution in [1.82, 2.24) is 24.9 Å². The number of halogens is 1. The summed E-state index contributed by atoms with van der Waals surface area (Å²) in [6, 6.07) is 0.388. The van der Waals surface area contributed by atoms with Crippen LogP contribution in [-0.2, 0) is 20.0 Å². The van der Waals surface area contributed by atoms with Crippen LogP contribution in [0.15, 0.2) is 16.9 Å². The van der Waals surface area contributed by atoms with Crippen LogP contribution < -0.4 is 5.32 Å². The fraction of sp³-hybridized carbons (Fsp3) is 0.571. The minimum Gasteiger partial charge on any atom is -0.312 e. The summed E-state index contributed by atoms with van der Waals surface area (Å²) in [6.45, 7) is 8.21. The molecule has 1 N–H and O–H groups in total. The molecule has 2 aromatic heterocycles. The van der Waals surface area contributed by atoms with Gasteiger partial charge in [0.15, 0.2) is 0 Å². The van der Waals surface area contributed by atoms with E-state index in [0.29, 0.717) is 6.04 Å². The fourth-order valence-electron chi connectivity index (χ4n) is 2.41. The molecule has 0 saturated carbocycles. The van der Waals surface area contributed by atoms with Crippen LogP contribution in [0, 0.1) is 13.8 Å². The molecular weight excluding hydrogens is 318 g/mol. The van der Waals surface area contributed by atoms with E-state index in [-0.39, 0.29) is 0 Å². The van der Waals surface area contributed by atoms with Crippen molar-refractivity contribution >= 4 is 15.9 Å². The number of rotatable bonds is 6. The van der Waals surface area contributed by atoms with Crippen LogP contribution in [0.5, 0.6) is 0 Å². The minimum absolute atomic E-state index is 0.388. The predicted molar refractivity (Wildman–Crippen MR) is 83.8 cm³/mol. The molecule has 2 rings (SSSR count). The number of aromatic nitrogens is 4. The number of aryl methyl sites for hydroxylation is 2. The van der Waals surface area contributed by atoms with Crippen LogP contribution >= 0.6 is 15.9 Å². The summed E-state index contributed by atoms with van der Waals surface area (Å²) in [4.78, 5) is 0. The van der Waals surface area contributed by atoms with Crippen LogP contribution in [0.25, 0.3) is 0 Å². The Labute approximate surface area is 128 Å². The van der Waals surface area contributed by atoms with Gasteiger partial charge >= 0.3 is 0 Å². The third-order valence-corrected chi connectivity index (χ3v) is 4.00. The standard InChI is InChI=1S/C14H22BrN5/c1-10(8-20-9-13(15)7-17-20)16-6-5-14-11(2)18-19(4)12(14)3/h7,9-10,16H,5-6,8H2,1-4H3/t10-/m0/s1. The van der Waals surface area contributed by atoms with Gasteiger partial charge in [-0.1, -0.05) is 0 Å². The molecule has 0 spiro atoms. The molecule has 0 aromatic carbocycles. The first-order valence-corrected chi connectivity index (χ1v) is 7.67. The molecular formula is C14H22BrN5. The van der Waals surface area contributed by atoms with Crippen LogP contribution in [0.3, 0.4) is 0 Å². The number of hydrogen-bond donors (Lipinski definition) is 1. The first-order valence-electron chi connectivity index (χ1n) is 6.87. The number of nitrogens with zero attached hydrogens (tertiary/aromatic N) is 4. The lowest BCUT2D eigenvalue weighted by Gasteiger charge is -2.14. The van der Waals surface area contributed by atoms with Crippen LogP contribution in [0.1, 0.15) is 23.9 Å². The Bertz CT molecular complexity index is 572. The van der Waals surface area contributed by atoms with Crippen molar-refractivity contribution in [2.45, 2.75) is 39.8 Å². The van der Waals surface area contributed by atoms with E-state index in [1.54, 1.807) is 0 Å². The van der Waals surface area contributed by atoms with Crippen LogP contribution in [-0.4, -0.2) is 32.1 Å². The average Bonchev–Trinajstić information content (AvgIpc) is 2.88. The van der Waals surface area contributed by atoms with Gasteiger partial charge in [0, 0.05) is 25.0 Å². The highest BCUT2D eigenvalue weighted by Gasteiger charge is 2.10. The second-order valence-corrected chi connectivity index (χ2v) is 6.17. The second-order valence-electron chi connectivity index (χ2n) is 5.26. The lowest BCUT2D eigenvalue weighted by molar-refractivity contribution is 0.454. The van der Waals surface area contributed by atoms with Gasteiger partial charge < -0.3 is 5.32 Å². The normalized spacial score (nSPS) is 12.8. The highest BCUT2D eigenvalue weighted by Crippen LogP contribution is 2.12. The molecule has 6 heteroatoms. The quantitative estimate of drug-likeness (QED) is 0.877. The van der Waals surface area contributed by atoms with E-state index in [1.807, 2.05) is 28.8 Å². The maximum absolute atomic E-state index is 4.45. The summed E-state index contributed by atoms with van der Waals surface area (Å²) in [7, 11) is 2.00. The molecule has 1 atom stereocenters. The zero-order valence-corrected chi connectivity index (χ0v) is 14.1. The molecule has 0 radical (unpaired) electrons. The molecule has 0 fully saturated rings. The molecule has 0 aliphatic rings. The Morgan fingerprint density at radius 2 is 2.15 bits per heavy atom. The van der Waals surface area contributed by atoms with Crippen molar-refractivity contribution in [3.05, 3.63) is 33.8 Å². The van der Waals surface area contributed by atoms with Crippen LogP contribution in [0.4, 0.5) is 0 Å². The Kier molecular flexibility index (Phi) is 4.99. The van der Waals surface area contributed by atoms with E-state index in [4.69, 9.17) is 0 Å². The van der Waals surface area contributed by atoms with E-state index in [9.17, 15) is 0 Å². The molecule has 20 heavy (non-hydrogen) atoms. The van der Waals surface area contributed by atoms with Gasteiger partial charge in [0.05, 0.1) is 22.9 Å². The van der Waals surface area contributed by atoms with Crippen LogP contribution in [0.2, 0.25) is 0 Å². The smallest absolute Gasteiger partial charge is 0.0632 e. The molecule has 0 amide bonds. The predicted octanol–water partition coefficient (Wildman–Crippen LogP) is 2.22. The van der Waals surface area contributed by atoms with Crippen molar-refractivity contribution in [2.75, 3.05) is 6.54 Å². The highest BCUT2D eigenvalue weighted by molar-refractivity contribution is 9.10. The van der Waals surface area contributed by atoms with E-state index < -0.39 is 0 Å². The van der Waals surface area contributed by atoms with Crippen molar-refractivity contribution in [1.29, 1.82) is 0 Å². The Morgan fingerprint density at radius 1 is 1.40 bits per heavy atom. The maximum atomic E-state index is 4.45. The van der Waals surface area contributed by atoms with Crippen molar-refractivity contribution in [3.8, 4) is 0 Å². The Balaban J connectivity index is 1.80. The van der Waals surface area contributed by atoms with Gasteiger partial charge in [-0.05, 0) is 55.2 Å². The molecule has 0 aliphatic heterocycles. The summed E-state index contributed by atoms with van der Waals surface area (Å²) >= 11 is 3.41. The third-order valence-electron chi connectivity index (χ3n) is 3.59. The van der Waals surface area contributed by atoms with Crippen molar-refractivity contribution < 1.29 is 0 Å². The summed E-state index contributed by atoms with van der Waals surface area (Å²) < 4.78 is 4.92. The Morgan fingerprint density at radius 3 is 2.70 bits per heavy atom. The molecule has 2 heterocycles. The zero-order chi connectivity index (χ0) is 14.7. The molecule has 2 aromatic rings. The van der Waals surface area contributed by atoms with E-state index in [2.05, 4.69) is 52.2 Å². The third kappa shape index (κ3) is 3.70. The number of nitrogens with one attached hydrogen (secondary N) is 1. The van der Waals surface area contributed by atoms with E-state index >= 15 is 0 Å². The molecule has 0 unspecified atom stereocenters. The van der Waals surface area contributed by atoms with Gasteiger partial charge in [0.2, 0.25) is 0 Å². The molecule has 0 saturated heterocycles. The van der Waals surface area contributed by atoms with Gasteiger partial charge in [-0.3, -0.25) is 9.36 Å². The molecule has 0 bridgehead atoms. The summed E-state index contributed by atoms with van der Waals surface area (Å²) in [5, 5.41) is 12.3. The van der Waals surface area contributed by atoms with Crippen molar-refractivity contribution in [2.24, 2.45) is 7.05 Å². The second kappa shape index (κ2) is 6.54. The Hall–Kier alpha value is -1.14. The summed E-state index contributed by atoms with van der Waals surface area (Å²) in [6.07, 6.45) is 4.82. The zero-order valence-electron chi connectivity index (χ0n) is 12.5. The van der Waals surface area contributed by atoms with Gasteiger partial charge in [-0.15, -0.1) is 0 Å². The largest absolute Gasteiger partial charge is 0.312 e. The minimum atomic E-state index is 0.388. The van der Waals surface area contributed by atoms with Gasteiger partial charge in [-0.2, -0.15) is 10.2 Å². The molecule has 5 nitrogen and oxygen atoms in total.